The van der Waals surface area contributed by atoms with E-state index in [2.05, 4.69) is 41.4 Å². The number of unbranched alkanes of at least 4 members (excludes halogenated alkanes) is 1. The highest BCUT2D eigenvalue weighted by molar-refractivity contribution is 5.94. The lowest BCUT2D eigenvalue weighted by Crippen LogP contribution is -2.45. The van der Waals surface area contributed by atoms with Crippen LogP contribution in [0.5, 0.6) is 0 Å². The van der Waals surface area contributed by atoms with Crippen molar-refractivity contribution in [1.29, 1.82) is 0 Å². The van der Waals surface area contributed by atoms with E-state index in [4.69, 9.17) is 4.74 Å². The van der Waals surface area contributed by atoms with Crippen molar-refractivity contribution < 1.29 is 14.3 Å². The fourth-order valence-corrected chi connectivity index (χ4v) is 2.78. The summed E-state index contributed by atoms with van der Waals surface area (Å²) >= 11 is 0. The highest BCUT2D eigenvalue weighted by atomic mass is 16.5. The third kappa shape index (κ3) is 8.89. The molecule has 0 aliphatic rings. The monoisotopic (exact) mass is 364 g/mol. The average Bonchev–Trinajstić information content (AvgIpc) is 2.63. The molecule has 0 aromatic carbocycles. The van der Waals surface area contributed by atoms with Crippen LogP contribution in [0.4, 0.5) is 0 Å². The number of amides is 2. The molecule has 2 atom stereocenters. The molecule has 0 bridgehead atoms. The van der Waals surface area contributed by atoms with E-state index in [1.807, 2.05) is 0 Å². The molecule has 1 rings (SSSR count). The van der Waals surface area contributed by atoms with Gasteiger partial charge in [0.05, 0.1) is 12.7 Å². The third-order valence-corrected chi connectivity index (χ3v) is 4.22. The number of nitrogens with one attached hydrogen (secondary N) is 2. The molecular weight excluding hydrogens is 332 g/mol. The predicted octanol–water partition coefficient (Wildman–Crippen LogP) is 2.19. The zero-order chi connectivity index (χ0) is 19.4. The van der Waals surface area contributed by atoms with Gasteiger partial charge in [-0.05, 0) is 31.1 Å². The van der Waals surface area contributed by atoms with Crippen LogP contribution in [0.3, 0.4) is 0 Å². The Labute approximate surface area is 156 Å². The van der Waals surface area contributed by atoms with Crippen molar-refractivity contribution in [2.45, 2.75) is 52.5 Å². The fourth-order valence-electron chi connectivity index (χ4n) is 2.78. The molecule has 2 amide bonds. The molecule has 0 aliphatic heterocycles. The first-order chi connectivity index (χ1) is 12.4. The van der Waals surface area contributed by atoms with Crippen LogP contribution in [0.1, 0.15) is 56.9 Å². The van der Waals surface area contributed by atoms with E-state index in [0.717, 1.165) is 32.3 Å². The molecule has 7 heteroatoms. The molecule has 1 aromatic rings. The molecule has 2 N–H and O–H groups in total. The summed E-state index contributed by atoms with van der Waals surface area (Å²) in [4.78, 5) is 32.0. The van der Waals surface area contributed by atoms with Crippen molar-refractivity contribution in [1.82, 2.24) is 20.6 Å². The third-order valence-electron chi connectivity index (χ3n) is 4.22. The van der Waals surface area contributed by atoms with E-state index in [1.165, 1.54) is 18.6 Å². The Balaban J connectivity index is 2.47. The second-order valence-corrected chi connectivity index (χ2v) is 7.04. The molecule has 7 nitrogen and oxygen atoms in total. The molecule has 1 aromatic heterocycles. The Hall–Kier alpha value is -2.02. The number of ether oxygens (including phenoxy) is 1. The summed E-state index contributed by atoms with van der Waals surface area (Å²) in [6.07, 6.45) is 8.35. The van der Waals surface area contributed by atoms with E-state index in [-0.39, 0.29) is 24.2 Å². The molecule has 0 saturated carbocycles. The van der Waals surface area contributed by atoms with Crippen molar-refractivity contribution in [3.63, 3.8) is 0 Å². The van der Waals surface area contributed by atoms with Crippen LogP contribution in [0.25, 0.3) is 0 Å². The quantitative estimate of drug-likeness (QED) is 0.555. The van der Waals surface area contributed by atoms with Crippen LogP contribution in [-0.2, 0) is 9.53 Å². The van der Waals surface area contributed by atoms with Crippen LogP contribution in [-0.4, -0.2) is 48.1 Å². The Morgan fingerprint density at radius 2 is 1.96 bits per heavy atom. The van der Waals surface area contributed by atoms with Gasteiger partial charge in [-0.25, -0.2) is 4.98 Å². The molecule has 26 heavy (non-hydrogen) atoms. The van der Waals surface area contributed by atoms with Gasteiger partial charge in [-0.1, -0.05) is 27.2 Å². The summed E-state index contributed by atoms with van der Waals surface area (Å²) in [6.45, 7) is 7.15. The molecule has 0 radical (unpaired) electrons. The maximum Gasteiger partial charge on any atom is 0.271 e. The predicted molar refractivity (Wildman–Crippen MR) is 101 cm³/mol. The lowest BCUT2D eigenvalue weighted by Gasteiger charge is -2.27. The van der Waals surface area contributed by atoms with E-state index in [9.17, 15) is 9.59 Å². The van der Waals surface area contributed by atoms with Gasteiger partial charge in [-0.2, -0.15) is 0 Å². The lowest BCUT2D eigenvalue weighted by molar-refractivity contribution is -0.121. The number of methoxy groups -OCH3 is 1. The highest BCUT2D eigenvalue weighted by Crippen LogP contribution is 2.18. The van der Waals surface area contributed by atoms with Crippen molar-refractivity contribution in [2.75, 3.05) is 20.3 Å². The fraction of sp³-hybridized carbons (Fsp3) is 0.684. The summed E-state index contributed by atoms with van der Waals surface area (Å²) in [5.74, 6) is 0.266. The zero-order valence-corrected chi connectivity index (χ0v) is 16.3. The summed E-state index contributed by atoms with van der Waals surface area (Å²) in [5.41, 5.74) is 0.200. The summed E-state index contributed by atoms with van der Waals surface area (Å²) < 4.78 is 5.08. The number of hydrogen-bond donors (Lipinski definition) is 2. The largest absolute Gasteiger partial charge is 0.385 e. The number of rotatable bonds is 12. The summed E-state index contributed by atoms with van der Waals surface area (Å²) in [6, 6.07) is 0.0958. The maximum absolute atomic E-state index is 12.3. The first-order valence-electron chi connectivity index (χ1n) is 9.26. The minimum atomic E-state index is -0.402. The maximum atomic E-state index is 12.3. The van der Waals surface area contributed by atoms with Crippen LogP contribution < -0.4 is 10.6 Å². The van der Waals surface area contributed by atoms with Gasteiger partial charge in [0.25, 0.3) is 5.91 Å². The van der Waals surface area contributed by atoms with Gasteiger partial charge in [0.15, 0.2) is 0 Å². The van der Waals surface area contributed by atoms with Crippen molar-refractivity contribution in [3.05, 3.63) is 24.3 Å². The van der Waals surface area contributed by atoms with Gasteiger partial charge in [0.2, 0.25) is 5.91 Å². The molecule has 1 unspecified atom stereocenters. The number of carbonyl (C=O) groups is 2. The molecule has 1 heterocycles. The van der Waals surface area contributed by atoms with Crippen LogP contribution in [0, 0.1) is 11.8 Å². The number of carbonyl (C=O) groups excluding carboxylic acids is 2. The van der Waals surface area contributed by atoms with E-state index in [1.54, 1.807) is 7.11 Å². The Kier molecular flexibility index (Phi) is 10.5. The van der Waals surface area contributed by atoms with Crippen molar-refractivity contribution in [3.8, 4) is 0 Å². The number of aromatic nitrogens is 2. The van der Waals surface area contributed by atoms with Crippen molar-refractivity contribution >= 4 is 11.8 Å². The van der Waals surface area contributed by atoms with Gasteiger partial charge < -0.3 is 15.4 Å². The summed E-state index contributed by atoms with van der Waals surface area (Å²) in [7, 11) is 1.71. The average molecular weight is 364 g/mol. The molecule has 146 valence electrons. The standard InChI is InChI=1S/C19H32N4O3/c1-14(2)11-16(15(3)7-5-6-10-26-4)23-18(24)13-22-19(25)17-12-20-8-9-21-17/h8-9,12,14-16H,5-7,10-11,13H2,1-4H3,(H,22,25)(H,23,24)/t15-,16?/m1/s1. The zero-order valence-electron chi connectivity index (χ0n) is 16.3. The first-order valence-corrected chi connectivity index (χ1v) is 9.26. The van der Waals surface area contributed by atoms with Gasteiger partial charge in [-0.3, -0.25) is 14.6 Å². The molecule has 0 spiro atoms. The van der Waals surface area contributed by atoms with E-state index in [0.29, 0.717) is 11.8 Å². The minimum absolute atomic E-state index is 0.0691. The second kappa shape index (κ2) is 12.4. The number of hydrogen-bond acceptors (Lipinski definition) is 5. The van der Waals surface area contributed by atoms with Gasteiger partial charge in [-0.15, -0.1) is 0 Å². The van der Waals surface area contributed by atoms with Gasteiger partial charge in [0, 0.05) is 32.2 Å². The van der Waals surface area contributed by atoms with Crippen LogP contribution >= 0.6 is 0 Å². The Morgan fingerprint density at radius 1 is 1.19 bits per heavy atom. The molecule has 0 saturated heterocycles. The normalized spacial score (nSPS) is 13.3. The lowest BCUT2D eigenvalue weighted by atomic mass is 9.89. The minimum Gasteiger partial charge on any atom is -0.385 e. The Morgan fingerprint density at radius 3 is 2.58 bits per heavy atom. The van der Waals surface area contributed by atoms with Gasteiger partial charge in [0.1, 0.15) is 5.69 Å². The number of nitrogens with zero attached hydrogens (tertiary/aromatic N) is 2. The van der Waals surface area contributed by atoms with Gasteiger partial charge >= 0.3 is 0 Å². The van der Waals surface area contributed by atoms with Crippen molar-refractivity contribution in [2.24, 2.45) is 11.8 Å². The molecular formula is C19H32N4O3. The second-order valence-electron chi connectivity index (χ2n) is 7.04. The summed E-state index contributed by atoms with van der Waals surface area (Å²) in [5, 5.41) is 5.66. The van der Waals surface area contributed by atoms with E-state index < -0.39 is 5.91 Å². The highest BCUT2D eigenvalue weighted by Gasteiger charge is 2.21. The molecule has 0 fully saturated rings. The van der Waals surface area contributed by atoms with E-state index >= 15 is 0 Å². The van der Waals surface area contributed by atoms with Crippen LogP contribution in [0.15, 0.2) is 18.6 Å². The molecule has 0 aliphatic carbocycles. The first kappa shape index (κ1) is 22.0. The van der Waals surface area contributed by atoms with Crippen LogP contribution in [0.2, 0.25) is 0 Å². The Bertz CT molecular complexity index is 537. The SMILES string of the molecule is COCCCC[C@@H](C)C(CC(C)C)NC(=O)CNC(=O)c1cnccn1. The topological polar surface area (TPSA) is 93.2 Å². The smallest absolute Gasteiger partial charge is 0.271 e.